The molecule has 0 spiro atoms. The van der Waals surface area contributed by atoms with Gasteiger partial charge < -0.3 is 10.1 Å². The van der Waals surface area contributed by atoms with Gasteiger partial charge in [-0.3, -0.25) is 4.79 Å². The molecule has 1 amide bonds. The summed E-state index contributed by atoms with van der Waals surface area (Å²) in [6, 6.07) is 4.26. The first-order valence-electron chi connectivity index (χ1n) is 8.99. The molecule has 0 heterocycles. The van der Waals surface area contributed by atoms with Crippen molar-refractivity contribution in [3.8, 4) is 5.75 Å². The normalized spacial score (nSPS) is 15.4. The highest BCUT2D eigenvalue weighted by Gasteiger charge is 2.23. The number of sulfonamides is 1. The zero-order chi connectivity index (χ0) is 19.2. The smallest absolute Gasteiger partial charge is 0.257 e. The zero-order valence-electron chi connectivity index (χ0n) is 15.3. The van der Waals surface area contributed by atoms with Crippen LogP contribution in [0, 0.1) is 5.92 Å². The molecule has 1 saturated carbocycles. The zero-order valence-corrected chi connectivity index (χ0v) is 16.8. The number of hydrogen-bond donors (Lipinski definition) is 2. The van der Waals surface area contributed by atoms with E-state index >= 15 is 0 Å². The summed E-state index contributed by atoms with van der Waals surface area (Å²) in [5.41, 5.74) is 0. The molecule has 8 heteroatoms. The molecule has 0 aromatic heterocycles. The van der Waals surface area contributed by atoms with Gasteiger partial charge in [-0.15, -0.1) is 0 Å². The Hall–Kier alpha value is -1.31. The molecule has 26 heavy (non-hydrogen) atoms. The molecule has 0 atom stereocenters. The summed E-state index contributed by atoms with van der Waals surface area (Å²) < 4.78 is 32.9. The fourth-order valence-corrected chi connectivity index (χ4v) is 4.42. The van der Waals surface area contributed by atoms with E-state index in [1.807, 2.05) is 0 Å². The minimum atomic E-state index is -3.60. The second kappa shape index (κ2) is 9.58. The molecule has 146 valence electrons. The molecule has 1 fully saturated rings. The number of amides is 1. The van der Waals surface area contributed by atoms with Crippen molar-refractivity contribution in [2.45, 2.75) is 56.9 Å². The summed E-state index contributed by atoms with van der Waals surface area (Å²) in [4.78, 5) is 11.8. The van der Waals surface area contributed by atoms with Crippen molar-refractivity contribution in [1.29, 1.82) is 0 Å². The Bertz CT molecular complexity index is 716. The highest BCUT2D eigenvalue weighted by molar-refractivity contribution is 7.89. The van der Waals surface area contributed by atoms with Gasteiger partial charge in [-0.2, -0.15) is 0 Å². The van der Waals surface area contributed by atoms with Crippen molar-refractivity contribution >= 4 is 27.5 Å². The number of rotatable bonds is 9. The third-order valence-electron chi connectivity index (χ3n) is 4.29. The molecule has 1 aliphatic rings. The molecule has 1 aliphatic carbocycles. The highest BCUT2D eigenvalue weighted by Crippen LogP contribution is 2.28. The Morgan fingerprint density at radius 2 is 2.00 bits per heavy atom. The van der Waals surface area contributed by atoms with E-state index < -0.39 is 10.0 Å². The van der Waals surface area contributed by atoms with E-state index in [-0.39, 0.29) is 34.2 Å². The molecule has 0 bridgehead atoms. The number of hydrogen-bond acceptors (Lipinski definition) is 4. The summed E-state index contributed by atoms with van der Waals surface area (Å²) in [5, 5.41) is 2.93. The first-order valence-corrected chi connectivity index (χ1v) is 10.9. The summed E-state index contributed by atoms with van der Waals surface area (Å²) in [7, 11) is -3.60. The van der Waals surface area contributed by atoms with Gasteiger partial charge >= 0.3 is 0 Å². The van der Waals surface area contributed by atoms with Crippen LogP contribution in [0.2, 0.25) is 5.02 Å². The van der Waals surface area contributed by atoms with Crippen molar-refractivity contribution in [2.75, 3.05) is 13.2 Å². The number of benzene rings is 1. The maximum atomic E-state index is 12.4. The third-order valence-corrected chi connectivity index (χ3v) is 6.11. The second-order valence-corrected chi connectivity index (χ2v) is 9.14. The molecule has 2 N–H and O–H groups in total. The minimum Gasteiger partial charge on any atom is -0.482 e. The van der Waals surface area contributed by atoms with Gasteiger partial charge in [0.25, 0.3) is 5.91 Å². The van der Waals surface area contributed by atoms with Crippen molar-refractivity contribution in [2.24, 2.45) is 5.92 Å². The molecule has 2 rings (SSSR count). The molecule has 0 aliphatic heterocycles. The molecule has 0 unspecified atom stereocenters. The standard InChI is InChI=1S/C18H27ClN2O4S/c1-13(2)9-10-20-18(22)12-25-17-8-7-15(11-16(17)19)26(23,24)21-14-5-3-4-6-14/h7-8,11,13-14,21H,3-6,9-10,12H2,1-2H3,(H,20,22). The third kappa shape index (κ3) is 6.45. The van der Waals surface area contributed by atoms with E-state index in [0.29, 0.717) is 12.5 Å². The van der Waals surface area contributed by atoms with Crippen LogP contribution < -0.4 is 14.8 Å². The Kier molecular flexibility index (Phi) is 7.73. The predicted octanol–water partition coefficient (Wildman–Crippen LogP) is 3.10. The summed E-state index contributed by atoms with van der Waals surface area (Å²) in [6.07, 6.45) is 4.70. The van der Waals surface area contributed by atoms with Crippen LogP contribution >= 0.6 is 11.6 Å². The van der Waals surface area contributed by atoms with Crippen molar-refractivity contribution in [3.05, 3.63) is 23.2 Å². The second-order valence-electron chi connectivity index (χ2n) is 7.02. The summed E-state index contributed by atoms with van der Waals surface area (Å²) in [5.74, 6) is 0.560. The average molecular weight is 403 g/mol. The summed E-state index contributed by atoms with van der Waals surface area (Å²) in [6.45, 7) is 4.60. The highest BCUT2D eigenvalue weighted by atomic mass is 35.5. The van der Waals surface area contributed by atoms with Gasteiger partial charge in [0.05, 0.1) is 9.92 Å². The summed E-state index contributed by atoms with van der Waals surface area (Å²) >= 11 is 6.13. The van der Waals surface area contributed by atoms with Crippen LogP contribution in [-0.2, 0) is 14.8 Å². The Morgan fingerprint density at radius 1 is 1.31 bits per heavy atom. The van der Waals surface area contributed by atoms with Crippen molar-refractivity contribution < 1.29 is 17.9 Å². The van der Waals surface area contributed by atoms with E-state index in [0.717, 1.165) is 32.1 Å². The molecular weight excluding hydrogens is 376 g/mol. The molecule has 1 aromatic carbocycles. The van der Waals surface area contributed by atoms with Crippen LogP contribution in [0.25, 0.3) is 0 Å². The lowest BCUT2D eigenvalue weighted by atomic mass is 10.1. The van der Waals surface area contributed by atoms with Gasteiger partial charge in [0, 0.05) is 12.6 Å². The quantitative estimate of drug-likeness (QED) is 0.664. The Morgan fingerprint density at radius 3 is 2.62 bits per heavy atom. The minimum absolute atomic E-state index is 0.00997. The fraction of sp³-hybridized carbons (Fsp3) is 0.611. The fourth-order valence-electron chi connectivity index (χ4n) is 2.79. The lowest BCUT2D eigenvalue weighted by Gasteiger charge is -2.14. The van der Waals surface area contributed by atoms with Crippen LogP contribution in [0.3, 0.4) is 0 Å². The molecule has 1 aromatic rings. The SMILES string of the molecule is CC(C)CCNC(=O)COc1ccc(S(=O)(=O)NC2CCCC2)cc1Cl. The van der Waals surface area contributed by atoms with Gasteiger partial charge in [-0.05, 0) is 43.4 Å². The molecule has 6 nitrogen and oxygen atoms in total. The van der Waals surface area contributed by atoms with E-state index in [4.69, 9.17) is 16.3 Å². The van der Waals surface area contributed by atoms with Crippen LogP contribution in [0.1, 0.15) is 46.0 Å². The van der Waals surface area contributed by atoms with E-state index in [1.165, 1.54) is 18.2 Å². The number of carbonyl (C=O) groups excluding carboxylic acids is 1. The van der Waals surface area contributed by atoms with Crippen molar-refractivity contribution in [3.63, 3.8) is 0 Å². The number of halogens is 1. The van der Waals surface area contributed by atoms with Crippen LogP contribution in [0.15, 0.2) is 23.1 Å². The number of carbonyl (C=O) groups is 1. The van der Waals surface area contributed by atoms with Gasteiger partial charge in [0.15, 0.2) is 6.61 Å². The first-order chi connectivity index (χ1) is 12.3. The van der Waals surface area contributed by atoms with Gasteiger partial charge in [0.2, 0.25) is 10.0 Å². The topological polar surface area (TPSA) is 84.5 Å². The maximum Gasteiger partial charge on any atom is 0.257 e. The number of nitrogens with one attached hydrogen (secondary N) is 2. The Balaban J connectivity index is 1.91. The van der Waals surface area contributed by atoms with Gasteiger partial charge in [-0.25, -0.2) is 13.1 Å². The lowest BCUT2D eigenvalue weighted by molar-refractivity contribution is -0.123. The van der Waals surface area contributed by atoms with Crippen LogP contribution in [0.5, 0.6) is 5.75 Å². The van der Waals surface area contributed by atoms with Crippen molar-refractivity contribution in [1.82, 2.24) is 10.0 Å². The van der Waals surface area contributed by atoms with Gasteiger partial charge in [0.1, 0.15) is 5.75 Å². The number of ether oxygens (including phenoxy) is 1. The maximum absolute atomic E-state index is 12.4. The lowest BCUT2D eigenvalue weighted by Crippen LogP contribution is -2.32. The molecular formula is C18H27ClN2O4S. The van der Waals surface area contributed by atoms with Crippen LogP contribution in [0.4, 0.5) is 0 Å². The largest absolute Gasteiger partial charge is 0.482 e. The van der Waals surface area contributed by atoms with E-state index in [9.17, 15) is 13.2 Å². The monoisotopic (exact) mass is 402 g/mol. The average Bonchev–Trinajstić information content (AvgIpc) is 3.05. The Labute approximate surface area is 160 Å². The van der Waals surface area contributed by atoms with Gasteiger partial charge in [-0.1, -0.05) is 38.3 Å². The van der Waals surface area contributed by atoms with E-state index in [1.54, 1.807) is 0 Å². The molecule has 0 saturated heterocycles. The predicted molar refractivity (Wildman–Crippen MR) is 102 cm³/mol. The van der Waals surface area contributed by atoms with E-state index in [2.05, 4.69) is 23.9 Å². The molecule has 0 radical (unpaired) electrons. The first kappa shape index (κ1) is 21.0. The van der Waals surface area contributed by atoms with Crippen LogP contribution in [-0.4, -0.2) is 33.5 Å².